The normalized spacial score (nSPS) is 17.6. The standard InChI is InChI=1S/C22H26ClN5O3S/c1-13-7-15(8-17(30)12-29)10-24-20(13)27-5-6-28(14(2)11-27)22(31)26-21-25-18-4-3-16(23)9-19(18)32-21/h3-4,7,9-10,14,17,29-30H,5-6,8,11-12H2,1-2H3,(H,25,26,31). The number of nitrogens with zero attached hydrogens (tertiary/aromatic N) is 4. The van der Waals surface area contributed by atoms with Crippen molar-refractivity contribution in [2.24, 2.45) is 0 Å². The Morgan fingerprint density at radius 3 is 2.91 bits per heavy atom. The minimum atomic E-state index is -0.781. The minimum absolute atomic E-state index is 0.00957. The summed E-state index contributed by atoms with van der Waals surface area (Å²) < 4.78 is 0.933. The molecule has 1 aliphatic rings. The van der Waals surface area contributed by atoms with Crippen molar-refractivity contribution in [2.45, 2.75) is 32.4 Å². The molecule has 32 heavy (non-hydrogen) atoms. The van der Waals surface area contributed by atoms with Crippen molar-refractivity contribution in [3.8, 4) is 0 Å². The number of anilines is 2. The number of aliphatic hydroxyl groups is 2. The predicted molar refractivity (Wildman–Crippen MR) is 128 cm³/mol. The van der Waals surface area contributed by atoms with Gasteiger partial charge in [0.05, 0.1) is 22.9 Å². The van der Waals surface area contributed by atoms with Crippen LogP contribution in [0.4, 0.5) is 15.7 Å². The van der Waals surface area contributed by atoms with E-state index in [0.717, 1.165) is 27.2 Å². The summed E-state index contributed by atoms with van der Waals surface area (Å²) in [5, 5.41) is 22.8. The second-order valence-electron chi connectivity index (χ2n) is 8.07. The highest BCUT2D eigenvalue weighted by Crippen LogP contribution is 2.29. The quantitative estimate of drug-likeness (QED) is 0.523. The fraction of sp³-hybridized carbons (Fsp3) is 0.409. The summed E-state index contributed by atoms with van der Waals surface area (Å²) in [6.07, 6.45) is 1.33. The molecule has 0 aliphatic carbocycles. The molecular formula is C22H26ClN5O3S. The molecule has 3 heterocycles. The Balaban J connectivity index is 1.39. The van der Waals surface area contributed by atoms with Crippen LogP contribution < -0.4 is 10.2 Å². The molecule has 1 aliphatic heterocycles. The number of fused-ring (bicyclic) bond motifs is 1. The number of carbonyl (C=O) groups excluding carboxylic acids is 1. The Hall–Kier alpha value is -2.46. The summed E-state index contributed by atoms with van der Waals surface area (Å²) in [4.78, 5) is 25.9. The molecule has 0 saturated carbocycles. The zero-order chi connectivity index (χ0) is 22.8. The van der Waals surface area contributed by atoms with Crippen LogP contribution in [-0.2, 0) is 6.42 Å². The van der Waals surface area contributed by atoms with Gasteiger partial charge in [0.2, 0.25) is 0 Å². The number of halogens is 1. The largest absolute Gasteiger partial charge is 0.394 e. The molecule has 2 unspecified atom stereocenters. The van der Waals surface area contributed by atoms with Crippen molar-refractivity contribution in [1.82, 2.24) is 14.9 Å². The second-order valence-corrected chi connectivity index (χ2v) is 9.54. The predicted octanol–water partition coefficient (Wildman–Crippen LogP) is 3.29. The van der Waals surface area contributed by atoms with Crippen LogP contribution in [0.3, 0.4) is 0 Å². The molecule has 2 atom stereocenters. The third kappa shape index (κ3) is 4.96. The molecule has 8 nitrogen and oxygen atoms in total. The maximum atomic E-state index is 12.9. The van der Waals surface area contributed by atoms with Gasteiger partial charge in [-0.25, -0.2) is 14.8 Å². The first-order chi connectivity index (χ1) is 15.3. The molecule has 4 rings (SSSR count). The molecule has 1 aromatic carbocycles. The van der Waals surface area contributed by atoms with Crippen molar-refractivity contribution >= 4 is 50.1 Å². The van der Waals surface area contributed by atoms with Gasteiger partial charge in [0.25, 0.3) is 0 Å². The van der Waals surface area contributed by atoms with Gasteiger partial charge in [-0.3, -0.25) is 5.32 Å². The summed E-state index contributed by atoms with van der Waals surface area (Å²) in [7, 11) is 0. The number of nitrogens with one attached hydrogen (secondary N) is 1. The Bertz CT molecular complexity index is 1120. The summed E-state index contributed by atoms with van der Waals surface area (Å²) in [5.41, 5.74) is 2.70. The number of hydrogen-bond acceptors (Lipinski definition) is 7. The molecule has 3 N–H and O–H groups in total. The van der Waals surface area contributed by atoms with Gasteiger partial charge in [0, 0.05) is 43.3 Å². The topological polar surface area (TPSA) is 102 Å². The number of aryl methyl sites for hydroxylation is 1. The van der Waals surface area contributed by atoms with E-state index in [0.29, 0.717) is 36.2 Å². The molecule has 170 valence electrons. The van der Waals surface area contributed by atoms with Crippen LogP contribution in [0.25, 0.3) is 10.2 Å². The first-order valence-corrected chi connectivity index (χ1v) is 11.7. The number of pyridine rings is 1. The number of carbonyl (C=O) groups is 1. The molecule has 0 radical (unpaired) electrons. The van der Waals surface area contributed by atoms with Gasteiger partial charge in [-0.1, -0.05) is 29.0 Å². The first kappa shape index (κ1) is 22.7. The lowest BCUT2D eigenvalue weighted by atomic mass is 10.1. The van der Waals surface area contributed by atoms with E-state index in [4.69, 9.17) is 16.7 Å². The number of rotatable bonds is 5. The zero-order valence-corrected chi connectivity index (χ0v) is 19.5. The van der Waals surface area contributed by atoms with Crippen LogP contribution in [0.1, 0.15) is 18.1 Å². The van der Waals surface area contributed by atoms with Crippen LogP contribution in [-0.4, -0.2) is 69.5 Å². The fourth-order valence-corrected chi connectivity index (χ4v) is 5.10. The first-order valence-electron chi connectivity index (χ1n) is 10.5. The Labute approximate surface area is 195 Å². The molecule has 1 saturated heterocycles. The third-order valence-corrected chi connectivity index (χ3v) is 6.71. The minimum Gasteiger partial charge on any atom is -0.394 e. The Morgan fingerprint density at radius 1 is 1.38 bits per heavy atom. The summed E-state index contributed by atoms with van der Waals surface area (Å²) in [6.45, 7) is 5.63. The van der Waals surface area contributed by atoms with E-state index in [9.17, 15) is 9.90 Å². The number of aromatic nitrogens is 2. The van der Waals surface area contributed by atoms with Gasteiger partial charge < -0.3 is 20.0 Å². The maximum absolute atomic E-state index is 12.9. The van der Waals surface area contributed by atoms with E-state index in [1.807, 2.05) is 36.9 Å². The van der Waals surface area contributed by atoms with E-state index in [-0.39, 0.29) is 18.7 Å². The molecule has 2 amide bonds. The van der Waals surface area contributed by atoms with Gasteiger partial charge >= 0.3 is 6.03 Å². The zero-order valence-electron chi connectivity index (χ0n) is 18.0. The molecular weight excluding hydrogens is 450 g/mol. The van der Waals surface area contributed by atoms with E-state index in [1.54, 1.807) is 12.3 Å². The molecule has 0 bridgehead atoms. The number of benzene rings is 1. The number of aliphatic hydroxyl groups excluding tert-OH is 2. The molecule has 0 spiro atoms. The maximum Gasteiger partial charge on any atom is 0.324 e. The van der Waals surface area contributed by atoms with Crippen LogP contribution >= 0.6 is 22.9 Å². The number of urea groups is 1. The number of hydrogen-bond donors (Lipinski definition) is 3. The highest BCUT2D eigenvalue weighted by Gasteiger charge is 2.29. The van der Waals surface area contributed by atoms with Crippen molar-refractivity contribution in [1.29, 1.82) is 0 Å². The smallest absolute Gasteiger partial charge is 0.324 e. The fourth-order valence-electron chi connectivity index (χ4n) is 3.97. The van der Waals surface area contributed by atoms with Gasteiger partial charge in [0.1, 0.15) is 5.82 Å². The number of amides is 2. The van der Waals surface area contributed by atoms with Crippen LogP contribution in [0, 0.1) is 6.92 Å². The van der Waals surface area contributed by atoms with E-state index in [2.05, 4.69) is 20.2 Å². The lowest BCUT2D eigenvalue weighted by Gasteiger charge is -2.40. The number of thiazole rings is 1. The second kappa shape index (κ2) is 9.58. The van der Waals surface area contributed by atoms with E-state index in [1.165, 1.54) is 11.3 Å². The van der Waals surface area contributed by atoms with Crippen molar-refractivity contribution in [3.05, 3.63) is 46.6 Å². The van der Waals surface area contributed by atoms with Crippen molar-refractivity contribution in [2.75, 3.05) is 36.5 Å². The van der Waals surface area contributed by atoms with E-state index < -0.39 is 6.10 Å². The summed E-state index contributed by atoms with van der Waals surface area (Å²) in [6, 6.07) is 7.29. The monoisotopic (exact) mass is 475 g/mol. The lowest BCUT2D eigenvalue weighted by Crippen LogP contribution is -2.55. The highest BCUT2D eigenvalue weighted by atomic mass is 35.5. The van der Waals surface area contributed by atoms with E-state index >= 15 is 0 Å². The average Bonchev–Trinajstić information content (AvgIpc) is 3.14. The third-order valence-electron chi connectivity index (χ3n) is 5.54. The van der Waals surface area contributed by atoms with Gasteiger partial charge in [-0.05, 0) is 43.2 Å². The van der Waals surface area contributed by atoms with Crippen molar-refractivity contribution < 1.29 is 15.0 Å². The Kier molecular flexibility index (Phi) is 6.80. The van der Waals surface area contributed by atoms with Crippen LogP contribution in [0.5, 0.6) is 0 Å². The van der Waals surface area contributed by atoms with Gasteiger partial charge in [0.15, 0.2) is 5.13 Å². The van der Waals surface area contributed by atoms with Crippen LogP contribution in [0.2, 0.25) is 5.02 Å². The summed E-state index contributed by atoms with van der Waals surface area (Å²) in [5.74, 6) is 0.877. The van der Waals surface area contributed by atoms with Gasteiger partial charge in [-0.2, -0.15) is 0 Å². The SMILES string of the molecule is Cc1cc(CC(O)CO)cnc1N1CCN(C(=O)Nc2nc3ccc(Cl)cc3s2)C(C)C1. The van der Waals surface area contributed by atoms with Gasteiger partial charge in [-0.15, -0.1) is 0 Å². The van der Waals surface area contributed by atoms with Crippen LogP contribution in [0.15, 0.2) is 30.5 Å². The molecule has 3 aromatic rings. The lowest BCUT2D eigenvalue weighted by molar-refractivity contribution is 0.0954. The Morgan fingerprint density at radius 2 is 2.19 bits per heavy atom. The molecule has 10 heteroatoms. The molecule has 2 aromatic heterocycles. The average molecular weight is 476 g/mol. The summed E-state index contributed by atoms with van der Waals surface area (Å²) >= 11 is 7.44. The highest BCUT2D eigenvalue weighted by molar-refractivity contribution is 7.22. The van der Waals surface area contributed by atoms with Crippen molar-refractivity contribution in [3.63, 3.8) is 0 Å². The number of piperazine rings is 1. The molecule has 1 fully saturated rings.